The Kier molecular flexibility index (Phi) is 9.92. The standard InChI is InChI=1S/C26H37Cl2N7O3S/c1-3-20-17-34(25-23(28)31-22(24(29)32-25)26(36)30-10-15-39(2,37)38)13-14-35(20)21-8-11-33(12-9-21)16-18-4-6-19(27)7-5-18/h4-7,20-21H,3,8-17H2,1-2H3,(H2,29,32)(H,30,36)/t20-/m0/s1. The van der Waals surface area contributed by atoms with Crippen LogP contribution in [0.4, 0.5) is 11.6 Å². The molecule has 3 N–H and O–H groups in total. The third kappa shape index (κ3) is 7.94. The number of piperidine rings is 1. The summed E-state index contributed by atoms with van der Waals surface area (Å²) in [6, 6.07) is 8.96. The van der Waals surface area contributed by atoms with Gasteiger partial charge in [-0.25, -0.2) is 18.4 Å². The van der Waals surface area contributed by atoms with E-state index >= 15 is 0 Å². The van der Waals surface area contributed by atoms with Gasteiger partial charge in [-0.2, -0.15) is 0 Å². The summed E-state index contributed by atoms with van der Waals surface area (Å²) < 4.78 is 22.6. The molecule has 39 heavy (non-hydrogen) atoms. The number of hydrogen-bond donors (Lipinski definition) is 2. The minimum absolute atomic E-state index is 0.0326. The van der Waals surface area contributed by atoms with E-state index in [2.05, 4.69) is 49.0 Å². The molecule has 1 aromatic carbocycles. The number of rotatable bonds is 9. The average molecular weight is 599 g/mol. The number of carbonyl (C=O) groups excluding carboxylic acids is 1. The molecule has 3 heterocycles. The number of halogens is 2. The highest BCUT2D eigenvalue weighted by Crippen LogP contribution is 2.30. The van der Waals surface area contributed by atoms with Crippen LogP contribution < -0.4 is 16.0 Å². The van der Waals surface area contributed by atoms with Crippen LogP contribution in [0.1, 0.15) is 42.2 Å². The molecule has 2 fully saturated rings. The first-order valence-electron chi connectivity index (χ1n) is 13.3. The fourth-order valence-corrected chi connectivity index (χ4v) is 6.23. The molecule has 214 valence electrons. The number of benzene rings is 1. The topological polar surface area (TPSA) is 125 Å². The Hall–Kier alpha value is -2.18. The maximum Gasteiger partial charge on any atom is 0.273 e. The van der Waals surface area contributed by atoms with Crippen LogP contribution in [0.15, 0.2) is 24.3 Å². The molecular formula is C26H37Cl2N7O3S. The largest absolute Gasteiger partial charge is 0.382 e. The summed E-state index contributed by atoms with van der Waals surface area (Å²) in [4.78, 5) is 28.4. The van der Waals surface area contributed by atoms with Crippen LogP contribution in [-0.4, -0.2) is 97.5 Å². The molecule has 2 saturated heterocycles. The fourth-order valence-electron chi connectivity index (χ4n) is 5.38. The molecule has 13 heteroatoms. The van der Waals surface area contributed by atoms with Gasteiger partial charge in [0.15, 0.2) is 22.5 Å². The van der Waals surface area contributed by atoms with Crippen molar-refractivity contribution in [2.75, 3.05) is 61.9 Å². The molecule has 0 unspecified atom stereocenters. The third-order valence-electron chi connectivity index (χ3n) is 7.48. The first kappa shape index (κ1) is 29.8. The molecule has 1 atom stereocenters. The molecule has 2 aromatic rings. The van der Waals surface area contributed by atoms with Crippen molar-refractivity contribution in [3.63, 3.8) is 0 Å². The lowest BCUT2D eigenvalue weighted by atomic mass is 9.98. The van der Waals surface area contributed by atoms with Crippen molar-refractivity contribution in [2.24, 2.45) is 0 Å². The Morgan fingerprint density at radius 1 is 1.10 bits per heavy atom. The molecule has 10 nitrogen and oxygen atoms in total. The second-order valence-electron chi connectivity index (χ2n) is 10.3. The number of nitrogens with two attached hydrogens (primary N) is 1. The molecule has 1 aromatic heterocycles. The van der Waals surface area contributed by atoms with Gasteiger partial charge in [0, 0.05) is 56.1 Å². The van der Waals surface area contributed by atoms with Crippen molar-refractivity contribution in [1.82, 2.24) is 25.1 Å². The SMILES string of the molecule is CC[C@H]1CN(c2nc(N)c(C(=O)NCCS(C)(=O)=O)nc2Cl)CCN1C1CCN(Cc2ccc(Cl)cc2)CC1. The van der Waals surface area contributed by atoms with E-state index in [1.54, 1.807) is 0 Å². The molecular weight excluding hydrogens is 561 g/mol. The van der Waals surface area contributed by atoms with Crippen LogP contribution in [0.3, 0.4) is 0 Å². The van der Waals surface area contributed by atoms with Gasteiger partial charge < -0.3 is 16.0 Å². The van der Waals surface area contributed by atoms with Gasteiger partial charge in [-0.05, 0) is 50.0 Å². The van der Waals surface area contributed by atoms with Crippen molar-refractivity contribution in [3.8, 4) is 0 Å². The van der Waals surface area contributed by atoms with Crippen molar-refractivity contribution >= 4 is 50.6 Å². The number of amides is 1. The molecule has 0 radical (unpaired) electrons. The summed E-state index contributed by atoms with van der Waals surface area (Å²) in [6.45, 7) is 7.58. The van der Waals surface area contributed by atoms with Crippen molar-refractivity contribution in [3.05, 3.63) is 45.7 Å². The van der Waals surface area contributed by atoms with Crippen LogP contribution in [0.2, 0.25) is 10.2 Å². The van der Waals surface area contributed by atoms with E-state index in [1.807, 2.05) is 12.1 Å². The Bertz CT molecular complexity index is 1250. The number of carbonyl (C=O) groups is 1. The van der Waals surface area contributed by atoms with E-state index in [9.17, 15) is 13.2 Å². The number of aromatic nitrogens is 2. The average Bonchev–Trinajstić information content (AvgIpc) is 2.90. The minimum Gasteiger partial charge on any atom is -0.382 e. The lowest BCUT2D eigenvalue weighted by Gasteiger charge is -2.47. The van der Waals surface area contributed by atoms with Gasteiger partial charge in [0.2, 0.25) is 0 Å². The van der Waals surface area contributed by atoms with Gasteiger partial charge >= 0.3 is 0 Å². The number of piperazine rings is 1. The Labute approximate surface area is 240 Å². The molecule has 0 spiro atoms. The van der Waals surface area contributed by atoms with Crippen LogP contribution >= 0.6 is 23.2 Å². The van der Waals surface area contributed by atoms with Crippen molar-refractivity contribution in [1.29, 1.82) is 0 Å². The Balaban J connectivity index is 1.34. The van der Waals surface area contributed by atoms with Gasteiger partial charge in [-0.3, -0.25) is 14.6 Å². The van der Waals surface area contributed by atoms with E-state index in [1.165, 1.54) is 5.56 Å². The highest BCUT2D eigenvalue weighted by molar-refractivity contribution is 7.90. The quantitative estimate of drug-likeness (QED) is 0.448. The summed E-state index contributed by atoms with van der Waals surface area (Å²) in [7, 11) is -3.20. The second-order valence-corrected chi connectivity index (χ2v) is 13.4. The van der Waals surface area contributed by atoms with Crippen LogP contribution in [0.25, 0.3) is 0 Å². The number of sulfone groups is 1. The van der Waals surface area contributed by atoms with Crippen molar-refractivity contribution < 1.29 is 13.2 Å². The maximum atomic E-state index is 12.5. The molecule has 0 saturated carbocycles. The lowest BCUT2D eigenvalue weighted by Crippen LogP contribution is -2.58. The number of nitrogens with one attached hydrogen (secondary N) is 1. The fraction of sp³-hybridized carbons (Fsp3) is 0.577. The predicted octanol–water partition coefficient (Wildman–Crippen LogP) is 2.71. The summed E-state index contributed by atoms with van der Waals surface area (Å²) >= 11 is 12.5. The van der Waals surface area contributed by atoms with Gasteiger partial charge in [-0.15, -0.1) is 0 Å². The number of nitrogens with zero attached hydrogens (tertiary/aromatic N) is 5. The van der Waals surface area contributed by atoms with Gasteiger partial charge in [0.05, 0.1) is 5.75 Å². The Morgan fingerprint density at radius 3 is 2.44 bits per heavy atom. The van der Waals surface area contributed by atoms with E-state index in [-0.39, 0.29) is 29.0 Å². The van der Waals surface area contributed by atoms with Crippen LogP contribution in [0.5, 0.6) is 0 Å². The van der Waals surface area contributed by atoms with Gasteiger partial charge in [0.25, 0.3) is 5.91 Å². The van der Waals surface area contributed by atoms with E-state index in [4.69, 9.17) is 28.9 Å². The highest BCUT2D eigenvalue weighted by atomic mass is 35.5. The van der Waals surface area contributed by atoms with Gasteiger partial charge in [-0.1, -0.05) is 42.3 Å². The van der Waals surface area contributed by atoms with Crippen LogP contribution in [-0.2, 0) is 16.4 Å². The first-order chi connectivity index (χ1) is 18.5. The highest BCUT2D eigenvalue weighted by Gasteiger charge is 2.34. The monoisotopic (exact) mass is 597 g/mol. The normalized spacial score (nSPS) is 19.8. The van der Waals surface area contributed by atoms with Crippen molar-refractivity contribution in [2.45, 2.75) is 44.8 Å². The summed E-state index contributed by atoms with van der Waals surface area (Å²) in [5, 5.41) is 3.38. The zero-order valence-corrected chi connectivity index (χ0v) is 24.8. The number of likely N-dealkylation sites (tertiary alicyclic amines) is 1. The smallest absolute Gasteiger partial charge is 0.273 e. The van der Waals surface area contributed by atoms with Crippen LogP contribution in [0, 0.1) is 0 Å². The van der Waals surface area contributed by atoms with E-state index in [0.29, 0.717) is 17.9 Å². The maximum absolute atomic E-state index is 12.5. The number of hydrogen-bond acceptors (Lipinski definition) is 9. The molecule has 0 aliphatic carbocycles. The zero-order valence-electron chi connectivity index (χ0n) is 22.4. The van der Waals surface area contributed by atoms with E-state index in [0.717, 1.165) is 69.8 Å². The molecule has 4 rings (SSSR count). The third-order valence-corrected chi connectivity index (χ3v) is 8.93. The molecule has 1 amide bonds. The molecule has 0 bridgehead atoms. The second kappa shape index (κ2) is 13.0. The van der Waals surface area contributed by atoms with Gasteiger partial charge in [0.1, 0.15) is 9.84 Å². The number of nitrogen functional groups attached to an aromatic ring is 1. The summed E-state index contributed by atoms with van der Waals surface area (Å²) in [6.07, 6.45) is 4.35. The summed E-state index contributed by atoms with van der Waals surface area (Å²) in [5.41, 5.74) is 7.26. The number of anilines is 2. The lowest BCUT2D eigenvalue weighted by molar-refractivity contribution is 0.0610. The molecule has 2 aliphatic heterocycles. The predicted molar refractivity (Wildman–Crippen MR) is 156 cm³/mol. The zero-order chi connectivity index (χ0) is 28.2. The summed E-state index contributed by atoms with van der Waals surface area (Å²) in [5.74, 6) is -0.342. The molecule has 2 aliphatic rings. The Morgan fingerprint density at radius 2 is 1.79 bits per heavy atom. The minimum atomic E-state index is -3.20. The first-order valence-corrected chi connectivity index (χ1v) is 16.1. The van der Waals surface area contributed by atoms with E-state index < -0.39 is 15.7 Å².